The molecule has 0 aliphatic heterocycles. The fourth-order valence-electron chi connectivity index (χ4n) is 10.6. The summed E-state index contributed by atoms with van der Waals surface area (Å²) in [5, 5.41) is 2.55. The minimum absolute atomic E-state index is 0.476. The van der Waals surface area contributed by atoms with Crippen molar-refractivity contribution >= 4 is 21.8 Å². The predicted molar refractivity (Wildman–Crippen MR) is 209 cm³/mol. The van der Waals surface area contributed by atoms with Crippen LogP contribution in [0.4, 0.5) is 0 Å². The Kier molecular flexibility index (Phi) is 5.17. The summed E-state index contributed by atoms with van der Waals surface area (Å²) in [5.41, 5.74) is 18.8. The molecule has 0 bridgehead atoms. The Morgan fingerprint density at radius 1 is 0.275 bits per heavy atom. The molecule has 0 radical (unpaired) electrons. The largest absolute Gasteiger partial charge is 0.309 e. The Morgan fingerprint density at radius 3 is 1.06 bits per heavy atom. The summed E-state index contributed by atoms with van der Waals surface area (Å²) in [5.74, 6) is 0. The SMILES string of the molecule is c1ccc2c(c1)-c1ccccc1C21c2ccccc2C2(c3ccccc3-c3ccccc32)c2cc(-n3c4ccccc4c4ccccc43)ccc21. The summed E-state index contributed by atoms with van der Waals surface area (Å²) < 4.78 is 2.48. The molecule has 0 saturated carbocycles. The van der Waals surface area contributed by atoms with Gasteiger partial charge in [0.05, 0.1) is 21.9 Å². The smallest absolute Gasteiger partial charge is 0.0720 e. The van der Waals surface area contributed by atoms with Crippen LogP contribution in [0.3, 0.4) is 0 Å². The number of hydrogen-bond acceptors (Lipinski definition) is 0. The lowest BCUT2D eigenvalue weighted by Gasteiger charge is -2.49. The Bertz CT molecular complexity index is 2790. The minimum atomic E-state index is -0.508. The van der Waals surface area contributed by atoms with Crippen molar-refractivity contribution in [2.45, 2.75) is 10.8 Å². The zero-order valence-electron chi connectivity index (χ0n) is 27.8. The quantitative estimate of drug-likeness (QED) is 0.167. The van der Waals surface area contributed by atoms with Crippen LogP contribution >= 0.6 is 0 Å². The van der Waals surface area contributed by atoms with E-state index in [1.54, 1.807) is 0 Å². The Balaban J connectivity index is 1.31. The van der Waals surface area contributed by atoms with Gasteiger partial charge in [0.25, 0.3) is 0 Å². The fourth-order valence-corrected chi connectivity index (χ4v) is 10.6. The van der Waals surface area contributed by atoms with Gasteiger partial charge in [0.15, 0.2) is 0 Å². The molecule has 8 aromatic carbocycles. The number of rotatable bonds is 1. The summed E-state index contributed by atoms with van der Waals surface area (Å²) in [6.07, 6.45) is 0. The van der Waals surface area contributed by atoms with Crippen molar-refractivity contribution in [3.05, 3.63) is 233 Å². The van der Waals surface area contributed by atoms with E-state index in [2.05, 4.69) is 193 Å². The lowest BCUT2D eigenvalue weighted by atomic mass is 9.52. The second-order valence-corrected chi connectivity index (χ2v) is 14.3. The van der Waals surface area contributed by atoms with Gasteiger partial charge in [-0.15, -0.1) is 0 Å². The van der Waals surface area contributed by atoms with E-state index in [1.165, 1.54) is 94.3 Å². The third kappa shape index (κ3) is 3.11. The molecule has 51 heavy (non-hydrogen) atoms. The van der Waals surface area contributed by atoms with Crippen molar-refractivity contribution in [1.29, 1.82) is 0 Å². The van der Waals surface area contributed by atoms with Gasteiger partial charge in [-0.05, 0) is 91.0 Å². The van der Waals surface area contributed by atoms with Gasteiger partial charge in [-0.25, -0.2) is 0 Å². The number of para-hydroxylation sites is 2. The standard InChI is InChI=1S/C50H31N/c1-7-21-39-33(15-1)34-16-2-8-22-40(34)49(39)43-25-11-12-26-44(43)50(41-23-9-3-17-35(41)36-18-4-10-24-42(36)50)46-31-32(29-30-45(46)49)51-47-27-13-5-19-37(47)38-20-6-14-28-48(38)51/h1-31H. The number of nitrogens with zero attached hydrogens (tertiary/aromatic N) is 1. The molecule has 12 rings (SSSR count). The molecule has 0 atom stereocenters. The maximum atomic E-state index is 2.55. The van der Waals surface area contributed by atoms with Crippen molar-refractivity contribution in [3.8, 4) is 27.9 Å². The average molecular weight is 646 g/mol. The van der Waals surface area contributed by atoms with Crippen LogP contribution in [0.1, 0.15) is 44.5 Å². The molecule has 0 N–H and O–H groups in total. The van der Waals surface area contributed by atoms with E-state index in [4.69, 9.17) is 0 Å². The van der Waals surface area contributed by atoms with Gasteiger partial charge in [-0.1, -0.05) is 164 Å². The molecule has 0 unspecified atom stereocenters. The number of hydrogen-bond donors (Lipinski definition) is 0. The first-order valence-corrected chi connectivity index (χ1v) is 18.0. The number of aromatic nitrogens is 1. The molecule has 1 heteroatoms. The van der Waals surface area contributed by atoms with E-state index >= 15 is 0 Å². The van der Waals surface area contributed by atoms with Gasteiger partial charge >= 0.3 is 0 Å². The highest BCUT2D eigenvalue weighted by Crippen LogP contribution is 2.67. The van der Waals surface area contributed by atoms with E-state index in [0.29, 0.717) is 0 Å². The van der Waals surface area contributed by atoms with E-state index < -0.39 is 10.8 Å². The van der Waals surface area contributed by atoms with Crippen LogP contribution in [0.25, 0.3) is 49.7 Å². The summed E-state index contributed by atoms with van der Waals surface area (Å²) in [6, 6.07) is 71.0. The summed E-state index contributed by atoms with van der Waals surface area (Å²) in [4.78, 5) is 0. The van der Waals surface area contributed by atoms with Crippen LogP contribution in [-0.2, 0) is 10.8 Å². The normalized spacial score (nSPS) is 15.0. The molecule has 0 saturated heterocycles. The highest BCUT2D eigenvalue weighted by Gasteiger charge is 2.58. The summed E-state index contributed by atoms with van der Waals surface area (Å²) in [6.45, 7) is 0. The van der Waals surface area contributed by atoms with Crippen molar-refractivity contribution in [2.75, 3.05) is 0 Å². The molecule has 3 aliphatic rings. The van der Waals surface area contributed by atoms with E-state index in [9.17, 15) is 0 Å². The van der Waals surface area contributed by atoms with Crippen LogP contribution in [0.2, 0.25) is 0 Å². The highest BCUT2D eigenvalue weighted by atomic mass is 15.0. The molecule has 9 aromatic rings. The van der Waals surface area contributed by atoms with Crippen LogP contribution < -0.4 is 0 Å². The third-order valence-corrected chi connectivity index (χ3v) is 12.3. The van der Waals surface area contributed by atoms with Gasteiger partial charge < -0.3 is 4.57 Å². The first-order valence-electron chi connectivity index (χ1n) is 18.0. The van der Waals surface area contributed by atoms with Gasteiger partial charge in [0.1, 0.15) is 0 Å². The zero-order chi connectivity index (χ0) is 33.3. The molecule has 1 aromatic heterocycles. The predicted octanol–water partition coefficient (Wildman–Crippen LogP) is 11.8. The molecule has 236 valence electrons. The van der Waals surface area contributed by atoms with Crippen LogP contribution in [0, 0.1) is 0 Å². The van der Waals surface area contributed by atoms with Crippen molar-refractivity contribution < 1.29 is 0 Å². The van der Waals surface area contributed by atoms with E-state index in [1.807, 2.05) is 0 Å². The van der Waals surface area contributed by atoms with Crippen LogP contribution in [0.15, 0.2) is 188 Å². The van der Waals surface area contributed by atoms with E-state index in [0.717, 1.165) is 0 Å². The maximum absolute atomic E-state index is 2.55. The topological polar surface area (TPSA) is 4.93 Å². The second kappa shape index (κ2) is 9.62. The molecule has 0 amide bonds. The van der Waals surface area contributed by atoms with Crippen molar-refractivity contribution in [3.63, 3.8) is 0 Å². The molecule has 0 fully saturated rings. The van der Waals surface area contributed by atoms with Crippen LogP contribution in [-0.4, -0.2) is 4.57 Å². The lowest BCUT2D eigenvalue weighted by molar-refractivity contribution is 0.632. The number of fused-ring (bicyclic) bond motifs is 19. The molecule has 1 heterocycles. The Labute approximate surface area is 296 Å². The molecule has 2 spiro atoms. The van der Waals surface area contributed by atoms with Crippen LogP contribution in [0.5, 0.6) is 0 Å². The monoisotopic (exact) mass is 645 g/mol. The van der Waals surface area contributed by atoms with Gasteiger partial charge in [0, 0.05) is 16.5 Å². The van der Waals surface area contributed by atoms with Gasteiger partial charge in [-0.3, -0.25) is 0 Å². The molecule has 1 nitrogen and oxygen atoms in total. The first kappa shape index (κ1) is 27.4. The number of benzene rings is 8. The van der Waals surface area contributed by atoms with Gasteiger partial charge in [-0.2, -0.15) is 0 Å². The zero-order valence-corrected chi connectivity index (χ0v) is 27.8. The minimum Gasteiger partial charge on any atom is -0.309 e. The van der Waals surface area contributed by atoms with Crippen molar-refractivity contribution in [2.24, 2.45) is 0 Å². The third-order valence-electron chi connectivity index (χ3n) is 12.3. The van der Waals surface area contributed by atoms with Crippen molar-refractivity contribution in [1.82, 2.24) is 4.57 Å². The van der Waals surface area contributed by atoms with Gasteiger partial charge in [0.2, 0.25) is 0 Å². The highest BCUT2D eigenvalue weighted by molar-refractivity contribution is 6.09. The summed E-state index contributed by atoms with van der Waals surface area (Å²) >= 11 is 0. The first-order chi connectivity index (χ1) is 25.3. The fraction of sp³-hybridized carbons (Fsp3) is 0.0400. The lowest BCUT2D eigenvalue weighted by Crippen LogP contribution is -2.43. The average Bonchev–Trinajstić information content (AvgIpc) is 3.81. The molecular formula is C50H31N. The summed E-state index contributed by atoms with van der Waals surface area (Å²) in [7, 11) is 0. The molecular weight excluding hydrogens is 615 g/mol. The Morgan fingerprint density at radius 2 is 0.608 bits per heavy atom. The molecule has 3 aliphatic carbocycles. The van der Waals surface area contributed by atoms with E-state index in [-0.39, 0.29) is 0 Å². The Hall–Kier alpha value is -6.44. The maximum Gasteiger partial charge on any atom is 0.0720 e. The second-order valence-electron chi connectivity index (χ2n) is 14.3.